The zero-order chi connectivity index (χ0) is 14.0. The van der Waals surface area contributed by atoms with E-state index in [9.17, 15) is 16.8 Å². The molecule has 0 aliphatic carbocycles. The van der Waals surface area contributed by atoms with E-state index >= 15 is 0 Å². The monoisotopic (exact) mass is 321 g/mol. The molecule has 0 fully saturated rings. The van der Waals surface area contributed by atoms with E-state index in [1.165, 1.54) is 9.69 Å². The van der Waals surface area contributed by atoms with Crippen molar-refractivity contribution >= 4 is 31.2 Å². The summed E-state index contributed by atoms with van der Waals surface area (Å²) in [6.45, 7) is 4.36. The minimum absolute atomic E-state index is 0.0364. The third-order valence-electron chi connectivity index (χ3n) is 3.51. The van der Waals surface area contributed by atoms with E-state index < -0.39 is 19.9 Å². The molecule has 1 unspecified atom stereocenters. The second-order valence-electron chi connectivity index (χ2n) is 5.39. The minimum Gasteiger partial charge on any atom is -0.223 e. The molecule has 0 spiro atoms. The molecule has 1 atom stereocenters. The van der Waals surface area contributed by atoms with Crippen molar-refractivity contribution in [2.24, 2.45) is 5.92 Å². The lowest BCUT2D eigenvalue weighted by Gasteiger charge is -2.28. The molecule has 8 heteroatoms. The summed E-state index contributed by atoms with van der Waals surface area (Å²) < 4.78 is 50.7. The van der Waals surface area contributed by atoms with Crippen LogP contribution in [0.1, 0.15) is 31.9 Å². The number of sulfonamides is 1. The molecule has 0 N–H and O–H groups in total. The molecule has 5 nitrogen and oxygen atoms in total. The predicted octanol–water partition coefficient (Wildman–Crippen LogP) is 1.63. The van der Waals surface area contributed by atoms with Gasteiger partial charge in [0.1, 0.15) is 4.21 Å². The van der Waals surface area contributed by atoms with E-state index in [0.717, 1.165) is 11.3 Å². The number of hydrogen-bond donors (Lipinski definition) is 0. The van der Waals surface area contributed by atoms with Crippen molar-refractivity contribution < 1.29 is 16.8 Å². The Labute approximate surface area is 117 Å². The second kappa shape index (κ2) is 4.03. The first kappa shape index (κ1) is 13.5. The third-order valence-corrected chi connectivity index (χ3v) is 8.97. The fourth-order valence-electron chi connectivity index (χ4n) is 2.75. The van der Waals surface area contributed by atoms with E-state index in [2.05, 4.69) is 0 Å². The van der Waals surface area contributed by atoms with Crippen molar-refractivity contribution in [1.29, 1.82) is 0 Å². The Kier molecular flexibility index (Phi) is 2.87. The van der Waals surface area contributed by atoms with E-state index in [-0.39, 0.29) is 26.8 Å². The van der Waals surface area contributed by atoms with E-state index in [1.807, 2.05) is 13.8 Å². The lowest BCUT2D eigenvalue weighted by Crippen LogP contribution is -2.34. The van der Waals surface area contributed by atoms with Crippen molar-refractivity contribution in [3.8, 4) is 0 Å². The summed E-state index contributed by atoms with van der Waals surface area (Å²) in [6.07, 6.45) is 0.366. The Balaban J connectivity index is 2.21. The first-order valence-electron chi connectivity index (χ1n) is 6.11. The van der Waals surface area contributed by atoms with Crippen LogP contribution in [0.25, 0.3) is 0 Å². The van der Waals surface area contributed by atoms with Crippen LogP contribution in [0, 0.1) is 5.92 Å². The first-order chi connectivity index (χ1) is 8.75. The Morgan fingerprint density at radius 2 is 2.05 bits per heavy atom. The molecule has 106 valence electrons. The molecular weight excluding hydrogens is 306 g/mol. The summed E-state index contributed by atoms with van der Waals surface area (Å²) in [4.78, 5) is 0.210. The highest BCUT2D eigenvalue weighted by Crippen LogP contribution is 2.50. The van der Waals surface area contributed by atoms with E-state index in [4.69, 9.17) is 0 Å². The number of rotatable bonds is 2. The van der Waals surface area contributed by atoms with Crippen LogP contribution in [-0.4, -0.2) is 33.4 Å². The second-order valence-corrected chi connectivity index (χ2v) is 10.4. The van der Waals surface area contributed by atoms with Crippen LogP contribution in [0.2, 0.25) is 0 Å². The average Bonchev–Trinajstić information content (AvgIpc) is 2.79. The summed E-state index contributed by atoms with van der Waals surface area (Å²) in [5.41, 5.74) is 0.525. The Morgan fingerprint density at radius 1 is 1.37 bits per heavy atom. The molecule has 3 heterocycles. The maximum absolute atomic E-state index is 12.5. The van der Waals surface area contributed by atoms with Gasteiger partial charge in [-0.05, 0) is 12.3 Å². The molecule has 0 saturated carbocycles. The molecular formula is C11H15NO4S3. The van der Waals surface area contributed by atoms with Gasteiger partial charge in [-0.1, -0.05) is 13.8 Å². The maximum atomic E-state index is 12.5. The van der Waals surface area contributed by atoms with Crippen LogP contribution < -0.4 is 0 Å². The predicted molar refractivity (Wildman–Crippen MR) is 72.5 cm³/mol. The van der Waals surface area contributed by atoms with Gasteiger partial charge in [-0.3, -0.25) is 0 Å². The van der Waals surface area contributed by atoms with E-state index in [0.29, 0.717) is 18.5 Å². The molecule has 2 aliphatic rings. The molecule has 3 rings (SSSR count). The topological polar surface area (TPSA) is 71.5 Å². The highest BCUT2D eigenvalue weighted by atomic mass is 32.2. The molecule has 0 saturated heterocycles. The van der Waals surface area contributed by atoms with Gasteiger partial charge < -0.3 is 0 Å². The SMILES string of the molecule is CC(C)CN1C2CCS(=O)(=O)c3scc(c32)S1(=O)=O. The lowest BCUT2D eigenvalue weighted by molar-refractivity contribution is 0.296. The van der Waals surface area contributed by atoms with Gasteiger partial charge in [-0.25, -0.2) is 16.8 Å². The molecule has 1 aromatic rings. The summed E-state index contributed by atoms with van der Waals surface area (Å²) in [5.74, 6) is 0.249. The summed E-state index contributed by atoms with van der Waals surface area (Å²) >= 11 is 1.04. The average molecular weight is 321 g/mol. The van der Waals surface area contributed by atoms with Gasteiger partial charge in [0.05, 0.1) is 16.7 Å². The fraction of sp³-hybridized carbons (Fsp3) is 0.636. The summed E-state index contributed by atoms with van der Waals surface area (Å²) in [5, 5.41) is 1.48. The van der Waals surface area contributed by atoms with E-state index in [1.54, 1.807) is 0 Å². The summed E-state index contributed by atoms with van der Waals surface area (Å²) in [6, 6.07) is -0.285. The number of sulfone groups is 1. The van der Waals surface area contributed by atoms with Gasteiger partial charge in [0, 0.05) is 17.5 Å². The quantitative estimate of drug-likeness (QED) is 0.830. The number of hydrogen-bond acceptors (Lipinski definition) is 5. The van der Waals surface area contributed by atoms with Crippen LogP contribution in [0.5, 0.6) is 0 Å². The van der Waals surface area contributed by atoms with Crippen molar-refractivity contribution in [1.82, 2.24) is 4.31 Å². The molecule has 0 amide bonds. The number of thiophene rings is 1. The van der Waals surface area contributed by atoms with Gasteiger partial charge in [0.15, 0.2) is 9.84 Å². The van der Waals surface area contributed by atoms with Crippen LogP contribution in [0.4, 0.5) is 0 Å². The van der Waals surface area contributed by atoms with Crippen molar-refractivity contribution in [3.05, 3.63) is 10.9 Å². The lowest BCUT2D eigenvalue weighted by atomic mass is 10.1. The maximum Gasteiger partial charge on any atom is 0.244 e. The molecule has 0 bridgehead atoms. The van der Waals surface area contributed by atoms with Crippen molar-refractivity contribution in [2.45, 2.75) is 35.4 Å². The molecule has 19 heavy (non-hydrogen) atoms. The normalized spacial score (nSPS) is 27.6. The van der Waals surface area contributed by atoms with Gasteiger partial charge in [-0.2, -0.15) is 4.31 Å². The van der Waals surface area contributed by atoms with Gasteiger partial charge >= 0.3 is 0 Å². The van der Waals surface area contributed by atoms with Crippen molar-refractivity contribution in [3.63, 3.8) is 0 Å². The highest BCUT2D eigenvalue weighted by molar-refractivity contribution is 7.94. The summed E-state index contributed by atoms with van der Waals surface area (Å²) in [7, 11) is -6.80. The van der Waals surface area contributed by atoms with Gasteiger partial charge in [-0.15, -0.1) is 11.3 Å². The highest BCUT2D eigenvalue weighted by Gasteiger charge is 2.49. The molecule has 0 radical (unpaired) electrons. The Bertz CT molecular complexity index is 730. The van der Waals surface area contributed by atoms with Crippen LogP contribution >= 0.6 is 11.3 Å². The van der Waals surface area contributed by atoms with Gasteiger partial charge in [0.2, 0.25) is 10.0 Å². The molecule has 1 aromatic heterocycles. The standard InChI is InChI=1S/C11H15NO4S3/c1-7(2)5-12-8-3-4-18(13,14)11-10(8)9(6-17-11)19(12,15)16/h6-8H,3-5H2,1-2H3. The largest absolute Gasteiger partial charge is 0.244 e. The fourth-order valence-corrected chi connectivity index (χ4v) is 8.31. The third kappa shape index (κ3) is 1.80. The molecule has 0 aromatic carbocycles. The van der Waals surface area contributed by atoms with Crippen LogP contribution in [0.15, 0.2) is 14.5 Å². The van der Waals surface area contributed by atoms with Crippen molar-refractivity contribution in [2.75, 3.05) is 12.3 Å². The van der Waals surface area contributed by atoms with Gasteiger partial charge in [0.25, 0.3) is 0 Å². The smallest absolute Gasteiger partial charge is 0.223 e. The minimum atomic E-state index is -3.51. The van der Waals surface area contributed by atoms with Crippen LogP contribution in [-0.2, 0) is 19.9 Å². The zero-order valence-electron chi connectivity index (χ0n) is 10.7. The van der Waals surface area contributed by atoms with Crippen LogP contribution in [0.3, 0.4) is 0 Å². The Hall–Kier alpha value is -0.440. The molecule has 2 aliphatic heterocycles. The zero-order valence-corrected chi connectivity index (χ0v) is 13.1. The first-order valence-corrected chi connectivity index (χ1v) is 10.1. The Morgan fingerprint density at radius 3 is 2.68 bits per heavy atom. The number of nitrogens with zero attached hydrogens (tertiary/aromatic N) is 1.